The van der Waals surface area contributed by atoms with E-state index < -0.39 is 5.97 Å². The number of benzene rings is 1. The van der Waals surface area contributed by atoms with Crippen LogP contribution in [0.3, 0.4) is 0 Å². The Labute approximate surface area is 154 Å². The standard InChI is InChI=1S/C18H17N3O4S/c1-2-24-18(23)16-17(26-21-20-16)19-15(22)11-9-13-8-10-14(25-13)12-6-4-3-5-7-12/h3-8,10H,2,9,11H2,1H3,(H,19,22). The smallest absolute Gasteiger partial charge is 0.362 e. The molecule has 2 heterocycles. The summed E-state index contributed by atoms with van der Waals surface area (Å²) in [6, 6.07) is 13.5. The number of aromatic nitrogens is 2. The molecule has 0 saturated heterocycles. The fourth-order valence-electron chi connectivity index (χ4n) is 2.30. The zero-order valence-corrected chi connectivity index (χ0v) is 14.9. The number of esters is 1. The van der Waals surface area contributed by atoms with Crippen molar-refractivity contribution in [3.63, 3.8) is 0 Å². The molecular weight excluding hydrogens is 354 g/mol. The molecule has 0 radical (unpaired) electrons. The van der Waals surface area contributed by atoms with Gasteiger partial charge in [-0.3, -0.25) is 4.79 Å². The summed E-state index contributed by atoms with van der Waals surface area (Å²) >= 11 is 0.938. The summed E-state index contributed by atoms with van der Waals surface area (Å²) in [5, 5.41) is 6.64. The molecule has 3 aromatic rings. The lowest BCUT2D eigenvalue weighted by atomic mass is 10.2. The second-order valence-electron chi connectivity index (χ2n) is 5.35. The first-order valence-electron chi connectivity index (χ1n) is 8.11. The Morgan fingerprint density at radius 1 is 1.19 bits per heavy atom. The van der Waals surface area contributed by atoms with Gasteiger partial charge in [-0.1, -0.05) is 34.8 Å². The molecule has 2 aromatic heterocycles. The van der Waals surface area contributed by atoms with E-state index in [1.54, 1.807) is 6.92 Å². The van der Waals surface area contributed by atoms with Crippen LogP contribution in [0.25, 0.3) is 11.3 Å². The van der Waals surface area contributed by atoms with Gasteiger partial charge in [-0.05, 0) is 19.1 Å². The molecule has 0 unspecified atom stereocenters. The third-order valence-electron chi connectivity index (χ3n) is 3.53. The molecule has 0 saturated carbocycles. The van der Waals surface area contributed by atoms with Crippen molar-refractivity contribution in [3.05, 3.63) is 53.9 Å². The predicted octanol–water partition coefficient (Wildman–Crippen LogP) is 3.55. The number of carbonyl (C=O) groups is 2. The number of hydrogen-bond donors (Lipinski definition) is 1. The van der Waals surface area contributed by atoms with E-state index in [1.807, 2.05) is 42.5 Å². The second kappa shape index (κ2) is 8.39. The van der Waals surface area contributed by atoms with Crippen molar-refractivity contribution >= 4 is 28.4 Å². The quantitative estimate of drug-likeness (QED) is 0.638. The van der Waals surface area contributed by atoms with Gasteiger partial charge in [0.25, 0.3) is 0 Å². The Morgan fingerprint density at radius 2 is 2.00 bits per heavy atom. The van der Waals surface area contributed by atoms with Crippen molar-refractivity contribution in [2.75, 3.05) is 11.9 Å². The van der Waals surface area contributed by atoms with Gasteiger partial charge in [0.15, 0.2) is 5.00 Å². The zero-order valence-electron chi connectivity index (χ0n) is 14.1. The van der Waals surface area contributed by atoms with E-state index in [0.717, 1.165) is 22.9 Å². The van der Waals surface area contributed by atoms with Gasteiger partial charge < -0.3 is 14.5 Å². The van der Waals surface area contributed by atoms with Gasteiger partial charge in [0.1, 0.15) is 11.5 Å². The van der Waals surface area contributed by atoms with Crippen molar-refractivity contribution in [2.45, 2.75) is 19.8 Å². The Hall–Kier alpha value is -3.00. The van der Waals surface area contributed by atoms with Crippen LogP contribution in [0.1, 0.15) is 29.6 Å². The minimum Gasteiger partial charge on any atom is -0.461 e. The topological polar surface area (TPSA) is 94.3 Å². The van der Waals surface area contributed by atoms with Gasteiger partial charge in [0.2, 0.25) is 11.6 Å². The molecule has 0 bridgehead atoms. The molecule has 3 rings (SSSR count). The minimum atomic E-state index is -0.602. The number of nitrogens with one attached hydrogen (secondary N) is 1. The first kappa shape index (κ1) is 17.8. The monoisotopic (exact) mass is 371 g/mol. The lowest BCUT2D eigenvalue weighted by molar-refractivity contribution is -0.116. The van der Waals surface area contributed by atoms with Crippen molar-refractivity contribution in [1.82, 2.24) is 9.59 Å². The van der Waals surface area contributed by atoms with E-state index in [9.17, 15) is 9.59 Å². The lowest BCUT2D eigenvalue weighted by Crippen LogP contribution is -2.15. The van der Waals surface area contributed by atoms with Gasteiger partial charge in [-0.15, -0.1) is 5.10 Å². The van der Waals surface area contributed by atoms with E-state index in [4.69, 9.17) is 9.15 Å². The molecule has 0 aliphatic heterocycles. The van der Waals surface area contributed by atoms with E-state index >= 15 is 0 Å². The molecule has 134 valence electrons. The van der Waals surface area contributed by atoms with E-state index in [-0.39, 0.29) is 29.6 Å². The summed E-state index contributed by atoms with van der Waals surface area (Å²) in [4.78, 5) is 23.9. The fourth-order valence-corrected chi connectivity index (χ4v) is 2.88. The minimum absolute atomic E-state index is 0.0227. The van der Waals surface area contributed by atoms with Crippen LogP contribution >= 0.6 is 11.5 Å². The highest BCUT2D eigenvalue weighted by molar-refractivity contribution is 7.10. The second-order valence-corrected chi connectivity index (χ2v) is 6.11. The largest absolute Gasteiger partial charge is 0.461 e. The van der Waals surface area contributed by atoms with Crippen molar-refractivity contribution in [2.24, 2.45) is 0 Å². The summed E-state index contributed by atoms with van der Waals surface area (Å²) in [6.07, 6.45) is 0.654. The van der Waals surface area contributed by atoms with Crippen molar-refractivity contribution < 1.29 is 18.7 Å². The molecule has 1 aromatic carbocycles. The molecular formula is C18H17N3O4S. The number of anilines is 1. The predicted molar refractivity (Wildman–Crippen MR) is 97.0 cm³/mol. The van der Waals surface area contributed by atoms with Crippen LogP contribution in [0.15, 0.2) is 46.9 Å². The van der Waals surface area contributed by atoms with Gasteiger partial charge in [-0.2, -0.15) is 0 Å². The lowest BCUT2D eigenvalue weighted by Gasteiger charge is -2.03. The SMILES string of the molecule is CCOC(=O)c1nnsc1NC(=O)CCc1ccc(-c2ccccc2)o1. The molecule has 1 N–H and O–H groups in total. The van der Waals surface area contributed by atoms with Gasteiger partial charge in [-0.25, -0.2) is 4.79 Å². The maximum Gasteiger partial charge on any atom is 0.362 e. The highest BCUT2D eigenvalue weighted by Crippen LogP contribution is 2.23. The summed E-state index contributed by atoms with van der Waals surface area (Å²) in [5.41, 5.74) is 1.01. The van der Waals surface area contributed by atoms with Crippen LogP contribution in [-0.2, 0) is 16.0 Å². The number of amides is 1. The van der Waals surface area contributed by atoms with E-state index in [1.165, 1.54) is 0 Å². The maximum absolute atomic E-state index is 12.1. The van der Waals surface area contributed by atoms with E-state index in [0.29, 0.717) is 12.2 Å². The molecule has 1 amide bonds. The third-order valence-corrected chi connectivity index (χ3v) is 4.17. The maximum atomic E-state index is 12.1. The Bertz CT molecular complexity index is 889. The van der Waals surface area contributed by atoms with Crippen LogP contribution in [0.4, 0.5) is 5.00 Å². The first-order chi connectivity index (χ1) is 12.7. The number of ether oxygens (including phenoxy) is 1. The first-order valence-corrected chi connectivity index (χ1v) is 8.88. The summed E-state index contributed by atoms with van der Waals surface area (Å²) in [6.45, 7) is 1.93. The average molecular weight is 371 g/mol. The summed E-state index contributed by atoms with van der Waals surface area (Å²) < 4.78 is 14.3. The van der Waals surface area contributed by atoms with Gasteiger partial charge in [0.05, 0.1) is 6.61 Å². The molecule has 0 atom stereocenters. The van der Waals surface area contributed by atoms with Crippen molar-refractivity contribution in [1.29, 1.82) is 0 Å². The molecule has 0 aliphatic carbocycles. The van der Waals surface area contributed by atoms with Crippen LogP contribution in [0.2, 0.25) is 0 Å². The van der Waals surface area contributed by atoms with Gasteiger partial charge >= 0.3 is 5.97 Å². The van der Waals surface area contributed by atoms with E-state index in [2.05, 4.69) is 14.9 Å². The number of nitrogens with zero attached hydrogens (tertiary/aromatic N) is 2. The molecule has 26 heavy (non-hydrogen) atoms. The van der Waals surface area contributed by atoms with Crippen LogP contribution < -0.4 is 5.32 Å². The third kappa shape index (κ3) is 4.34. The fraction of sp³-hybridized carbons (Fsp3) is 0.222. The Balaban J connectivity index is 1.56. The Kier molecular flexibility index (Phi) is 5.75. The van der Waals surface area contributed by atoms with Crippen molar-refractivity contribution in [3.8, 4) is 11.3 Å². The zero-order chi connectivity index (χ0) is 18.4. The average Bonchev–Trinajstić information content (AvgIpc) is 3.30. The Morgan fingerprint density at radius 3 is 2.77 bits per heavy atom. The number of furan rings is 1. The number of hydrogen-bond acceptors (Lipinski definition) is 7. The summed E-state index contributed by atoms with van der Waals surface area (Å²) in [7, 11) is 0. The highest BCUT2D eigenvalue weighted by atomic mass is 32.1. The summed E-state index contributed by atoms with van der Waals surface area (Å²) in [5.74, 6) is 0.624. The number of aryl methyl sites for hydroxylation is 1. The number of carbonyl (C=O) groups excluding carboxylic acids is 2. The van der Waals surface area contributed by atoms with Crippen LogP contribution in [0, 0.1) is 0 Å². The highest BCUT2D eigenvalue weighted by Gasteiger charge is 2.19. The number of rotatable bonds is 7. The molecule has 0 fully saturated rings. The molecule has 0 aliphatic rings. The van der Waals surface area contributed by atoms with Crippen LogP contribution in [0.5, 0.6) is 0 Å². The normalized spacial score (nSPS) is 10.5. The van der Waals surface area contributed by atoms with Gasteiger partial charge in [0, 0.05) is 29.9 Å². The van der Waals surface area contributed by atoms with Crippen LogP contribution in [-0.4, -0.2) is 28.1 Å². The molecule has 7 nitrogen and oxygen atoms in total. The molecule has 0 spiro atoms. The molecule has 8 heteroatoms.